The Kier molecular flexibility index (Phi) is 6.44. The first-order valence-corrected chi connectivity index (χ1v) is 9.25. The van der Waals surface area contributed by atoms with E-state index >= 15 is 0 Å². The summed E-state index contributed by atoms with van der Waals surface area (Å²) >= 11 is 0. The standard InChI is InChI=1S/C13H24N2O5S/c1-3-10(8-9-4-5-9)14-13(18)15-11(12(16)17)6-7-21(2,19)20/h9-11H,3-8H2,1-2H3,(H,16,17)(H2,14,15,18). The monoisotopic (exact) mass is 320 g/mol. The first kappa shape index (κ1) is 17.7. The number of carbonyl (C=O) groups excluding carboxylic acids is 1. The predicted octanol–water partition coefficient (Wildman–Crippen LogP) is 0.752. The van der Waals surface area contributed by atoms with Crippen molar-refractivity contribution in [2.45, 2.75) is 51.1 Å². The molecule has 8 heteroatoms. The lowest BCUT2D eigenvalue weighted by Gasteiger charge is -2.20. The van der Waals surface area contributed by atoms with Gasteiger partial charge in [0, 0.05) is 12.3 Å². The summed E-state index contributed by atoms with van der Waals surface area (Å²) in [5.74, 6) is -0.844. The van der Waals surface area contributed by atoms with Crippen LogP contribution in [0.15, 0.2) is 0 Å². The fraction of sp³-hybridized carbons (Fsp3) is 0.846. The van der Waals surface area contributed by atoms with Gasteiger partial charge in [-0.25, -0.2) is 18.0 Å². The minimum absolute atomic E-state index is 0.0295. The Hall–Kier alpha value is -1.31. The number of hydrogen-bond donors (Lipinski definition) is 3. The van der Waals surface area contributed by atoms with Crippen molar-refractivity contribution in [3.63, 3.8) is 0 Å². The molecule has 0 aromatic rings. The van der Waals surface area contributed by atoms with E-state index in [1.54, 1.807) is 0 Å². The van der Waals surface area contributed by atoms with Crippen molar-refractivity contribution >= 4 is 21.8 Å². The lowest BCUT2D eigenvalue weighted by molar-refractivity contribution is -0.139. The van der Waals surface area contributed by atoms with Crippen LogP contribution in [0.5, 0.6) is 0 Å². The molecule has 1 aliphatic rings. The number of urea groups is 1. The fourth-order valence-electron chi connectivity index (χ4n) is 2.06. The van der Waals surface area contributed by atoms with Gasteiger partial charge >= 0.3 is 12.0 Å². The van der Waals surface area contributed by atoms with Gasteiger partial charge in [0.1, 0.15) is 15.9 Å². The third kappa shape index (κ3) is 7.89. The van der Waals surface area contributed by atoms with Crippen LogP contribution in [-0.2, 0) is 14.6 Å². The van der Waals surface area contributed by atoms with Crippen LogP contribution in [0.2, 0.25) is 0 Å². The van der Waals surface area contributed by atoms with Crippen LogP contribution in [0.1, 0.15) is 39.0 Å². The summed E-state index contributed by atoms with van der Waals surface area (Å²) < 4.78 is 22.2. The quantitative estimate of drug-likeness (QED) is 0.580. The van der Waals surface area contributed by atoms with Crippen LogP contribution in [0.4, 0.5) is 4.79 Å². The van der Waals surface area contributed by atoms with E-state index < -0.39 is 27.9 Å². The molecule has 2 unspecified atom stereocenters. The van der Waals surface area contributed by atoms with Crippen molar-refractivity contribution in [3.8, 4) is 0 Å². The van der Waals surface area contributed by atoms with E-state index in [1.165, 1.54) is 12.8 Å². The number of aliphatic carboxylic acids is 1. The molecule has 0 heterocycles. The van der Waals surface area contributed by atoms with Crippen molar-refractivity contribution in [2.24, 2.45) is 5.92 Å². The zero-order chi connectivity index (χ0) is 16.0. The normalized spacial score (nSPS) is 17.8. The van der Waals surface area contributed by atoms with E-state index in [-0.39, 0.29) is 18.2 Å². The van der Waals surface area contributed by atoms with E-state index in [9.17, 15) is 18.0 Å². The van der Waals surface area contributed by atoms with Crippen molar-refractivity contribution in [1.82, 2.24) is 10.6 Å². The topological polar surface area (TPSA) is 113 Å². The maximum atomic E-state index is 11.8. The van der Waals surface area contributed by atoms with Gasteiger partial charge in [-0.15, -0.1) is 0 Å². The Balaban J connectivity index is 2.44. The van der Waals surface area contributed by atoms with Gasteiger partial charge in [-0.05, 0) is 25.2 Å². The highest BCUT2D eigenvalue weighted by Crippen LogP contribution is 2.33. The lowest BCUT2D eigenvalue weighted by atomic mass is 10.1. The van der Waals surface area contributed by atoms with E-state index in [0.29, 0.717) is 5.92 Å². The summed E-state index contributed by atoms with van der Waals surface area (Å²) in [4.78, 5) is 22.9. The number of nitrogens with one attached hydrogen (secondary N) is 2. The van der Waals surface area contributed by atoms with Gasteiger partial charge < -0.3 is 15.7 Å². The Morgan fingerprint density at radius 2 is 1.90 bits per heavy atom. The molecule has 1 fully saturated rings. The highest BCUT2D eigenvalue weighted by molar-refractivity contribution is 7.90. The molecule has 7 nitrogen and oxygen atoms in total. The van der Waals surface area contributed by atoms with E-state index in [0.717, 1.165) is 19.1 Å². The highest BCUT2D eigenvalue weighted by Gasteiger charge is 2.27. The molecular weight excluding hydrogens is 296 g/mol. The Morgan fingerprint density at radius 3 is 2.33 bits per heavy atom. The molecule has 3 N–H and O–H groups in total. The third-order valence-electron chi connectivity index (χ3n) is 3.52. The molecule has 1 saturated carbocycles. The van der Waals surface area contributed by atoms with Crippen LogP contribution in [0.25, 0.3) is 0 Å². The van der Waals surface area contributed by atoms with Crippen molar-refractivity contribution in [1.29, 1.82) is 0 Å². The second-order valence-corrected chi connectivity index (χ2v) is 7.97. The molecule has 122 valence electrons. The van der Waals surface area contributed by atoms with Crippen LogP contribution < -0.4 is 10.6 Å². The summed E-state index contributed by atoms with van der Waals surface area (Å²) in [7, 11) is -3.26. The number of sulfone groups is 1. The van der Waals surface area contributed by atoms with Crippen LogP contribution >= 0.6 is 0 Å². The molecule has 0 radical (unpaired) electrons. The molecule has 0 bridgehead atoms. The molecule has 21 heavy (non-hydrogen) atoms. The SMILES string of the molecule is CCC(CC1CC1)NC(=O)NC(CCS(C)(=O)=O)C(=O)O. The molecule has 0 saturated heterocycles. The van der Waals surface area contributed by atoms with Crippen LogP contribution in [0, 0.1) is 5.92 Å². The Bertz CT molecular complexity index is 473. The van der Waals surface area contributed by atoms with E-state index in [1.807, 2.05) is 6.92 Å². The summed E-state index contributed by atoms with van der Waals surface area (Å²) in [6, 6.07) is -1.72. The molecule has 1 rings (SSSR count). The average Bonchev–Trinajstić information content (AvgIpc) is 3.16. The molecule has 0 aromatic carbocycles. The second-order valence-electron chi connectivity index (χ2n) is 5.71. The van der Waals surface area contributed by atoms with E-state index in [2.05, 4.69) is 10.6 Å². The lowest BCUT2D eigenvalue weighted by Crippen LogP contribution is -2.49. The van der Waals surface area contributed by atoms with Crippen molar-refractivity contribution in [2.75, 3.05) is 12.0 Å². The summed E-state index contributed by atoms with van der Waals surface area (Å²) in [5.41, 5.74) is 0. The van der Waals surface area contributed by atoms with Gasteiger partial charge in [0.2, 0.25) is 0 Å². The van der Waals surface area contributed by atoms with Crippen LogP contribution in [-0.4, -0.2) is 49.6 Å². The largest absolute Gasteiger partial charge is 0.480 e. The summed E-state index contributed by atoms with van der Waals surface area (Å²) in [5, 5.41) is 14.1. The van der Waals surface area contributed by atoms with Crippen LogP contribution in [0.3, 0.4) is 0 Å². The van der Waals surface area contributed by atoms with Gasteiger partial charge in [0.05, 0.1) is 5.75 Å². The second kappa shape index (κ2) is 7.63. The van der Waals surface area contributed by atoms with E-state index in [4.69, 9.17) is 5.11 Å². The minimum atomic E-state index is -3.26. The average molecular weight is 320 g/mol. The minimum Gasteiger partial charge on any atom is -0.480 e. The first-order chi connectivity index (χ1) is 9.71. The molecule has 0 spiro atoms. The molecule has 2 amide bonds. The molecule has 1 aliphatic carbocycles. The Labute approximate surface area is 125 Å². The maximum Gasteiger partial charge on any atom is 0.326 e. The number of carboxylic acid groups (broad SMARTS) is 1. The van der Waals surface area contributed by atoms with Gasteiger partial charge in [0.25, 0.3) is 0 Å². The molecule has 0 aromatic heterocycles. The summed E-state index contributed by atoms with van der Waals surface area (Å²) in [6.45, 7) is 1.96. The zero-order valence-corrected chi connectivity index (χ0v) is 13.3. The molecule has 2 atom stereocenters. The number of hydrogen-bond acceptors (Lipinski definition) is 4. The van der Waals surface area contributed by atoms with Crippen molar-refractivity contribution in [3.05, 3.63) is 0 Å². The highest BCUT2D eigenvalue weighted by atomic mass is 32.2. The molecular formula is C13H24N2O5S. The molecule has 0 aliphatic heterocycles. The predicted molar refractivity (Wildman–Crippen MR) is 78.8 cm³/mol. The third-order valence-corrected chi connectivity index (χ3v) is 4.50. The number of carboxylic acids is 1. The zero-order valence-electron chi connectivity index (χ0n) is 12.5. The fourth-order valence-corrected chi connectivity index (χ4v) is 2.72. The Morgan fingerprint density at radius 1 is 1.29 bits per heavy atom. The number of rotatable bonds is 9. The summed E-state index contributed by atoms with van der Waals surface area (Å²) in [6.07, 6.45) is 4.96. The van der Waals surface area contributed by atoms with Gasteiger partial charge in [-0.3, -0.25) is 0 Å². The van der Waals surface area contributed by atoms with Gasteiger partial charge in [-0.1, -0.05) is 19.8 Å². The first-order valence-electron chi connectivity index (χ1n) is 7.18. The maximum absolute atomic E-state index is 11.8. The number of amides is 2. The van der Waals surface area contributed by atoms with Gasteiger partial charge in [-0.2, -0.15) is 0 Å². The van der Waals surface area contributed by atoms with Crippen molar-refractivity contribution < 1.29 is 23.1 Å². The number of carbonyl (C=O) groups is 2. The van der Waals surface area contributed by atoms with Gasteiger partial charge in [0.15, 0.2) is 0 Å². The smallest absolute Gasteiger partial charge is 0.326 e.